The Morgan fingerprint density at radius 3 is 2.62 bits per heavy atom. The highest BCUT2D eigenvalue weighted by Gasteiger charge is 2.21. The van der Waals surface area contributed by atoms with Crippen LogP contribution in [0.4, 0.5) is 4.79 Å². The standard InChI is InChI=1S/C22H29N3O/c1-18-9-11-20(12-10-18)16-23-22(26)24-21-8-5-14-25(17-21)15-13-19-6-3-2-4-7-19/h2-4,6-7,9-12,21H,5,8,13-17H2,1H3,(H2,23,24,26). The third-order valence-corrected chi connectivity index (χ3v) is 4.97. The maximum absolute atomic E-state index is 12.2. The second-order valence-electron chi connectivity index (χ2n) is 7.19. The fourth-order valence-corrected chi connectivity index (χ4v) is 3.43. The van der Waals surface area contributed by atoms with E-state index in [1.807, 2.05) is 0 Å². The molecule has 2 aromatic rings. The molecule has 4 heteroatoms. The Bertz CT molecular complexity index is 684. The van der Waals surface area contributed by atoms with Crippen LogP contribution in [-0.2, 0) is 13.0 Å². The van der Waals surface area contributed by atoms with Crippen LogP contribution in [0.2, 0.25) is 0 Å². The van der Waals surface area contributed by atoms with Crippen molar-refractivity contribution < 1.29 is 4.79 Å². The lowest BCUT2D eigenvalue weighted by Gasteiger charge is -2.33. The van der Waals surface area contributed by atoms with Gasteiger partial charge in [-0.3, -0.25) is 0 Å². The zero-order chi connectivity index (χ0) is 18.2. The molecule has 0 saturated carbocycles. The maximum Gasteiger partial charge on any atom is 0.315 e. The van der Waals surface area contributed by atoms with E-state index in [9.17, 15) is 4.79 Å². The highest BCUT2D eigenvalue weighted by molar-refractivity contribution is 5.74. The number of nitrogens with one attached hydrogen (secondary N) is 2. The van der Waals surface area contributed by atoms with Crippen LogP contribution in [-0.4, -0.2) is 36.6 Å². The summed E-state index contributed by atoms with van der Waals surface area (Å²) in [6, 6.07) is 19.0. The molecule has 2 amide bonds. The number of hydrogen-bond acceptors (Lipinski definition) is 2. The number of piperidine rings is 1. The number of rotatable bonds is 6. The summed E-state index contributed by atoms with van der Waals surface area (Å²) in [5.41, 5.74) is 3.73. The Balaban J connectivity index is 1.39. The van der Waals surface area contributed by atoms with E-state index in [2.05, 4.69) is 77.1 Å². The Morgan fingerprint density at radius 1 is 1.08 bits per heavy atom. The first kappa shape index (κ1) is 18.5. The van der Waals surface area contributed by atoms with Crippen molar-refractivity contribution in [2.45, 2.75) is 38.8 Å². The van der Waals surface area contributed by atoms with Crippen LogP contribution in [0.5, 0.6) is 0 Å². The predicted octanol–water partition coefficient (Wildman–Crippen LogP) is 3.50. The van der Waals surface area contributed by atoms with Gasteiger partial charge in [0.25, 0.3) is 0 Å². The molecule has 1 unspecified atom stereocenters. The molecule has 1 aliphatic heterocycles. The second kappa shape index (κ2) is 9.39. The number of carbonyl (C=O) groups excluding carboxylic acids is 1. The average Bonchev–Trinajstić information content (AvgIpc) is 2.67. The molecule has 3 rings (SSSR count). The van der Waals surface area contributed by atoms with E-state index < -0.39 is 0 Å². The van der Waals surface area contributed by atoms with Gasteiger partial charge in [-0.15, -0.1) is 0 Å². The lowest BCUT2D eigenvalue weighted by atomic mass is 10.0. The summed E-state index contributed by atoms with van der Waals surface area (Å²) >= 11 is 0. The normalized spacial score (nSPS) is 17.7. The van der Waals surface area contributed by atoms with E-state index in [1.165, 1.54) is 11.1 Å². The molecule has 0 aliphatic carbocycles. The molecule has 1 saturated heterocycles. The first-order chi connectivity index (χ1) is 12.7. The smallest absolute Gasteiger partial charge is 0.315 e. The predicted molar refractivity (Wildman–Crippen MR) is 106 cm³/mol. The Morgan fingerprint density at radius 2 is 1.85 bits per heavy atom. The lowest BCUT2D eigenvalue weighted by molar-refractivity contribution is 0.187. The number of hydrogen-bond donors (Lipinski definition) is 2. The van der Waals surface area contributed by atoms with Gasteiger partial charge in [0.2, 0.25) is 0 Å². The first-order valence-electron chi connectivity index (χ1n) is 9.55. The molecule has 138 valence electrons. The first-order valence-corrected chi connectivity index (χ1v) is 9.55. The molecule has 4 nitrogen and oxygen atoms in total. The fourth-order valence-electron chi connectivity index (χ4n) is 3.43. The number of urea groups is 1. The Kier molecular flexibility index (Phi) is 6.67. The Labute approximate surface area is 156 Å². The highest BCUT2D eigenvalue weighted by atomic mass is 16.2. The number of carbonyl (C=O) groups is 1. The van der Waals surface area contributed by atoms with Gasteiger partial charge in [0.15, 0.2) is 0 Å². The van der Waals surface area contributed by atoms with Crippen molar-refractivity contribution in [1.82, 2.24) is 15.5 Å². The van der Waals surface area contributed by atoms with Gasteiger partial charge < -0.3 is 15.5 Å². The van der Waals surface area contributed by atoms with Crippen LogP contribution in [0.15, 0.2) is 54.6 Å². The third kappa shape index (κ3) is 5.88. The molecule has 1 aliphatic rings. The zero-order valence-electron chi connectivity index (χ0n) is 15.6. The van der Waals surface area contributed by atoms with E-state index in [0.717, 1.165) is 44.5 Å². The van der Waals surface area contributed by atoms with Crippen molar-refractivity contribution in [2.24, 2.45) is 0 Å². The van der Waals surface area contributed by atoms with E-state index in [-0.39, 0.29) is 12.1 Å². The van der Waals surface area contributed by atoms with Crippen LogP contribution in [0, 0.1) is 6.92 Å². The van der Waals surface area contributed by atoms with E-state index in [1.54, 1.807) is 0 Å². The van der Waals surface area contributed by atoms with E-state index >= 15 is 0 Å². The summed E-state index contributed by atoms with van der Waals surface area (Å²) in [5, 5.41) is 6.11. The zero-order valence-corrected chi connectivity index (χ0v) is 15.6. The molecule has 0 spiro atoms. The summed E-state index contributed by atoms with van der Waals surface area (Å²) in [4.78, 5) is 14.7. The minimum atomic E-state index is -0.0690. The maximum atomic E-state index is 12.2. The molecule has 1 heterocycles. The minimum absolute atomic E-state index is 0.0690. The summed E-state index contributed by atoms with van der Waals surface area (Å²) in [6.07, 6.45) is 3.25. The van der Waals surface area contributed by atoms with Gasteiger partial charge in [0.05, 0.1) is 0 Å². The van der Waals surface area contributed by atoms with E-state index in [0.29, 0.717) is 6.54 Å². The SMILES string of the molecule is Cc1ccc(CNC(=O)NC2CCCN(CCc3ccccc3)C2)cc1. The van der Waals surface area contributed by atoms with Gasteiger partial charge >= 0.3 is 6.03 Å². The molecule has 0 aromatic heterocycles. The van der Waals surface area contributed by atoms with Crippen LogP contribution in [0.25, 0.3) is 0 Å². The Hall–Kier alpha value is -2.33. The number of nitrogens with zero attached hydrogens (tertiary/aromatic N) is 1. The molecule has 0 radical (unpaired) electrons. The minimum Gasteiger partial charge on any atom is -0.334 e. The molecule has 1 atom stereocenters. The van der Waals surface area contributed by atoms with Gasteiger partial charge in [-0.1, -0.05) is 60.2 Å². The van der Waals surface area contributed by atoms with Gasteiger partial charge in [-0.25, -0.2) is 4.79 Å². The van der Waals surface area contributed by atoms with Crippen molar-refractivity contribution >= 4 is 6.03 Å². The van der Waals surface area contributed by atoms with Crippen molar-refractivity contribution in [1.29, 1.82) is 0 Å². The number of likely N-dealkylation sites (tertiary alicyclic amines) is 1. The monoisotopic (exact) mass is 351 g/mol. The second-order valence-corrected chi connectivity index (χ2v) is 7.19. The van der Waals surface area contributed by atoms with Gasteiger partial charge in [0.1, 0.15) is 0 Å². The molecular formula is C22H29N3O. The topological polar surface area (TPSA) is 44.4 Å². The lowest BCUT2D eigenvalue weighted by Crippen LogP contribution is -2.50. The van der Waals surface area contributed by atoms with Gasteiger partial charge in [-0.2, -0.15) is 0 Å². The van der Waals surface area contributed by atoms with Crippen LogP contribution in [0.3, 0.4) is 0 Å². The van der Waals surface area contributed by atoms with Crippen LogP contribution >= 0.6 is 0 Å². The summed E-state index contributed by atoms with van der Waals surface area (Å²) < 4.78 is 0. The van der Waals surface area contributed by atoms with Crippen LogP contribution in [0.1, 0.15) is 29.5 Å². The molecule has 1 fully saturated rings. The number of aryl methyl sites for hydroxylation is 1. The molecular weight excluding hydrogens is 322 g/mol. The molecule has 2 N–H and O–H groups in total. The highest BCUT2D eigenvalue weighted by Crippen LogP contribution is 2.11. The van der Waals surface area contributed by atoms with Gasteiger partial charge in [-0.05, 0) is 43.9 Å². The quantitative estimate of drug-likeness (QED) is 0.837. The van der Waals surface area contributed by atoms with E-state index in [4.69, 9.17) is 0 Å². The van der Waals surface area contributed by atoms with Crippen LogP contribution < -0.4 is 10.6 Å². The third-order valence-electron chi connectivity index (χ3n) is 4.97. The average molecular weight is 351 g/mol. The van der Waals surface area contributed by atoms with Crippen molar-refractivity contribution in [2.75, 3.05) is 19.6 Å². The van der Waals surface area contributed by atoms with Gasteiger partial charge in [0, 0.05) is 25.7 Å². The number of amides is 2. The van der Waals surface area contributed by atoms with Crippen molar-refractivity contribution in [3.63, 3.8) is 0 Å². The summed E-state index contributed by atoms with van der Waals surface area (Å²) in [6.45, 7) is 5.74. The molecule has 26 heavy (non-hydrogen) atoms. The fraction of sp³-hybridized carbons (Fsp3) is 0.409. The van der Waals surface area contributed by atoms with Crippen molar-refractivity contribution in [3.05, 3.63) is 71.3 Å². The molecule has 2 aromatic carbocycles. The largest absolute Gasteiger partial charge is 0.334 e. The van der Waals surface area contributed by atoms with Crippen molar-refractivity contribution in [3.8, 4) is 0 Å². The summed E-state index contributed by atoms with van der Waals surface area (Å²) in [5.74, 6) is 0. The summed E-state index contributed by atoms with van der Waals surface area (Å²) in [7, 11) is 0. The number of benzene rings is 2. The molecule has 0 bridgehead atoms.